The molecule has 0 saturated carbocycles. The number of nitrogens with one attached hydrogen (secondary N) is 1. The Morgan fingerprint density at radius 2 is 1.89 bits per heavy atom. The molecule has 1 aromatic heterocycles. The van der Waals surface area contributed by atoms with Crippen LogP contribution in [0.3, 0.4) is 0 Å². The number of hydrogen-bond acceptors (Lipinski definition) is 7. The minimum Gasteiger partial charge on any atom is -0.354 e. The van der Waals surface area contributed by atoms with Crippen molar-refractivity contribution < 1.29 is 9.59 Å². The number of aromatic nitrogens is 2. The Balaban J connectivity index is 1.29. The van der Waals surface area contributed by atoms with Crippen LogP contribution in [-0.4, -0.2) is 72.2 Å². The Bertz CT molecular complexity index is 675. The molecule has 1 atom stereocenters. The Morgan fingerprint density at radius 1 is 1.07 bits per heavy atom. The summed E-state index contributed by atoms with van der Waals surface area (Å²) in [6.07, 6.45) is 6.88. The molecule has 0 aliphatic carbocycles. The van der Waals surface area contributed by atoms with Gasteiger partial charge in [0.15, 0.2) is 0 Å². The van der Waals surface area contributed by atoms with Crippen LogP contribution in [-0.2, 0) is 9.59 Å². The van der Waals surface area contributed by atoms with Gasteiger partial charge in [-0.05, 0) is 58.2 Å². The molecule has 3 aliphatic heterocycles. The van der Waals surface area contributed by atoms with E-state index in [1.54, 1.807) is 4.90 Å². The van der Waals surface area contributed by atoms with Crippen LogP contribution < -0.4 is 15.1 Å². The zero-order valence-electron chi connectivity index (χ0n) is 15.7. The fraction of sp³-hybridized carbons (Fsp3) is 0.778. The van der Waals surface area contributed by atoms with Crippen molar-refractivity contribution in [3.05, 3.63) is 0 Å². The van der Waals surface area contributed by atoms with Crippen LogP contribution in [0.4, 0.5) is 10.3 Å². The molecule has 0 spiro atoms. The fourth-order valence-electron chi connectivity index (χ4n) is 4.19. The number of amides is 2. The van der Waals surface area contributed by atoms with Crippen LogP contribution >= 0.6 is 11.3 Å². The zero-order valence-corrected chi connectivity index (χ0v) is 16.5. The van der Waals surface area contributed by atoms with E-state index >= 15 is 0 Å². The second kappa shape index (κ2) is 8.52. The number of likely N-dealkylation sites (tertiary alicyclic amines) is 1. The Morgan fingerprint density at radius 3 is 2.67 bits per heavy atom. The molecule has 27 heavy (non-hydrogen) atoms. The number of hydrogen-bond donors (Lipinski definition) is 1. The van der Waals surface area contributed by atoms with Gasteiger partial charge in [-0.15, -0.1) is 10.2 Å². The highest BCUT2D eigenvalue weighted by Crippen LogP contribution is 2.33. The van der Waals surface area contributed by atoms with Crippen LogP contribution in [0, 0.1) is 0 Å². The van der Waals surface area contributed by atoms with Crippen molar-refractivity contribution in [1.82, 2.24) is 20.4 Å². The van der Waals surface area contributed by atoms with Crippen LogP contribution in [0.5, 0.6) is 0 Å². The Kier molecular flexibility index (Phi) is 5.87. The lowest BCUT2D eigenvalue weighted by Crippen LogP contribution is -2.44. The molecule has 0 aromatic carbocycles. The van der Waals surface area contributed by atoms with E-state index in [0.717, 1.165) is 50.4 Å². The summed E-state index contributed by atoms with van der Waals surface area (Å²) in [6.45, 7) is 5.72. The molecule has 1 aromatic rings. The van der Waals surface area contributed by atoms with Crippen molar-refractivity contribution in [3.63, 3.8) is 0 Å². The molecule has 1 N–H and O–H groups in total. The predicted octanol–water partition coefficient (Wildman–Crippen LogP) is 1.24. The number of nitrogens with zero attached hydrogens (tertiary/aromatic N) is 5. The summed E-state index contributed by atoms with van der Waals surface area (Å²) in [6, 6.07) is -0.174. The second-order valence-electron chi connectivity index (χ2n) is 7.56. The minimum atomic E-state index is -0.174. The third-order valence-corrected chi connectivity index (χ3v) is 6.64. The third-order valence-electron chi connectivity index (χ3n) is 5.66. The second-order valence-corrected chi connectivity index (χ2v) is 8.50. The first-order chi connectivity index (χ1) is 13.2. The van der Waals surface area contributed by atoms with E-state index in [9.17, 15) is 9.59 Å². The van der Waals surface area contributed by atoms with Gasteiger partial charge in [-0.25, -0.2) is 0 Å². The summed E-state index contributed by atoms with van der Waals surface area (Å²) >= 11 is 1.42. The minimum absolute atomic E-state index is 0.0860. The summed E-state index contributed by atoms with van der Waals surface area (Å²) in [5, 5.41) is 13.0. The van der Waals surface area contributed by atoms with Gasteiger partial charge in [0.25, 0.3) is 0 Å². The van der Waals surface area contributed by atoms with E-state index in [4.69, 9.17) is 0 Å². The third kappa shape index (κ3) is 4.24. The molecule has 2 amide bonds. The van der Waals surface area contributed by atoms with Gasteiger partial charge in [-0.2, -0.15) is 0 Å². The predicted molar refractivity (Wildman–Crippen MR) is 105 cm³/mol. The van der Waals surface area contributed by atoms with E-state index in [2.05, 4.69) is 25.3 Å². The fourth-order valence-corrected chi connectivity index (χ4v) is 5.16. The molecular formula is C18H28N6O2S. The SMILES string of the molecule is O=C(NCCCN1CCCC1)C1CCCN1c1nnc(N2CCCC2=O)s1. The van der Waals surface area contributed by atoms with Crippen molar-refractivity contribution in [2.45, 2.75) is 51.0 Å². The maximum Gasteiger partial charge on any atom is 0.242 e. The van der Waals surface area contributed by atoms with Gasteiger partial charge in [0.2, 0.25) is 22.1 Å². The molecule has 4 rings (SSSR count). The lowest BCUT2D eigenvalue weighted by Gasteiger charge is -2.23. The van der Waals surface area contributed by atoms with Crippen LogP contribution in [0.15, 0.2) is 0 Å². The van der Waals surface area contributed by atoms with Crippen LogP contribution in [0.25, 0.3) is 0 Å². The molecule has 3 aliphatic rings. The molecule has 9 heteroatoms. The molecule has 3 saturated heterocycles. The van der Waals surface area contributed by atoms with E-state index in [1.807, 2.05) is 0 Å². The molecule has 0 bridgehead atoms. The molecule has 8 nitrogen and oxygen atoms in total. The lowest BCUT2D eigenvalue weighted by atomic mass is 10.2. The first-order valence-corrected chi connectivity index (χ1v) is 10.9. The Hall–Kier alpha value is -1.74. The van der Waals surface area contributed by atoms with E-state index < -0.39 is 0 Å². The van der Waals surface area contributed by atoms with Gasteiger partial charge in [0, 0.05) is 26.1 Å². The maximum atomic E-state index is 12.7. The highest BCUT2D eigenvalue weighted by Gasteiger charge is 2.34. The van der Waals surface area contributed by atoms with E-state index in [0.29, 0.717) is 18.1 Å². The molecule has 4 heterocycles. The van der Waals surface area contributed by atoms with Crippen LogP contribution in [0.2, 0.25) is 0 Å². The van der Waals surface area contributed by atoms with Crippen molar-refractivity contribution in [3.8, 4) is 0 Å². The van der Waals surface area contributed by atoms with Crippen molar-refractivity contribution in [2.24, 2.45) is 0 Å². The summed E-state index contributed by atoms with van der Waals surface area (Å²) < 4.78 is 0. The monoisotopic (exact) mass is 392 g/mol. The van der Waals surface area contributed by atoms with Crippen LogP contribution in [0.1, 0.15) is 44.9 Å². The number of carbonyl (C=O) groups is 2. The standard InChI is InChI=1S/C18H28N6O2S/c25-15-7-4-13-24(15)18-21-20-17(27-18)23-12-3-6-14(23)16(26)19-8-5-11-22-9-1-2-10-22/h14H,1-13H2,(H,19,26). The summed E-state index contributed by atoms with van der Waals surface area (Å²) in [5.74, 6) is 0.203. The first-order valence-electron chi connectivity index (χ1n) is 10.1. The van der Waals surface area contributed by atoms with Crippen molar-refractivity contribution >= 4 is 33.4 Å². The van der Waals surface area contributed by atoms with Gasteiger partial charge in [0.1, 0.15) is 6.04 Å². The molecule has 0 radical (unpaired) electrons. The van der Waals surface area contributed by atoms with E-state index in [-0.39, 0.29) is 17.9 Å². The zero-order chi connectivity index (χ0) is 18.6. The maximum absolute atomic E-state index is 12.7. The largest absolute Gasteiger partial charge is 0.354 e. The average Bonchev–Trinajstić information content (AvgIpc) is 3.45. The normalized spacial score (nSPS) is 23.6. The highest BCUT2D eigenvalue weighted by molar-refractivity contribution is 7.19. The number of rotatable bonds is 7. The molecule has 1 unspecified atom stereocenters. The first kappa shape index (κ1) is 18.6. The van der Waals surface area contributed by atoms with Crippen molar-refractivity contribution in [1.29, 1.82) is 0 Å². The summed E-state index contributed by atoms with van der Waals surface area (Å²) in [4.78, 5) is 30.8. The van der Waals surface area contributed by atoms with E-state index in [1.165, 1.54) is 37.3 Å². The number of anilines is 2. The lowest BCUT2D eigenvalue weighted by molar-refractivity contribution is -0.122. The van der Waals surface area contributed by atoms with Gasteiger partial charge < -0.3 is 15.1 Å². The molecule has 3 fully saturated rings. The number of carbonyl (C=O) groups excluding carboxylic acids is 2. The van der Waals surface area contributed by atoms with Crippen molar-refractivity contribution in [2.75, 3.05) is 49.1 Å². The molecule has 148 valence electrons. The summed E-state index contributed by atoms with van der Waals surface area (Å²) in [7, 11) is 0. The quantitative estimate of drug-likeness (QED) is 0.703. The summed E-state index contributed by atoms with van der Waals surface area (Å²) in [5.41, 5.74) is 0. The topological polar surface area (TPSA) is 81.7 Å². The highest BCUT2D eigenvalue weighted by atomic mass is 32.1. The van der Waals surface area contributed by atoms with Gasteiger partial charge in [0.05, 0.1) is 0 Å². The van der Waals surface area contributed by atoms with Gasteiger partial charge >= 0.3 is 0 Å². The Labute approximate surface area is 163 Å². The molecular weight excluding hydrogens is 364 g/mol. The smallest absolute Gasteiger partial charge is 0.242 e. The van der Waals surface area contributed by atoms with Gasteiger partial charge in [-0.1, -0.05) is 11.3 Å². The average molecular weight is 393 g/mol. The van der Waals surface area contributed by atoms with Gasteiger partial charge in [-0.3, -0.25) is 14.5 Å².